The molecule has 0 saturated carbocycles. The van der Waals surface area contributed by atoms with E-state index in [-0.39, 0.29) is 6.61 Å². The zero-order valence-corrected chi connectivity index (χ0v) is 15.4. The van der Waals surface area contributed by atoms with Crippen LogP contribution < -0.4 is 0 Å². The molecule has 1 aliphatic heterocycles. The van der Waals surface area contributed by atoms with Crippen molar-refractivity contribution in [3.63, 3.8) is 0 Å². The van der Waals surface area contributed by atoms with Gasteiger partial charge in [0.05, 0.1) is 0 Å². The number of rotatable bonds is 6. The summed E-state index contributed by atoms with van der Waals surface area (Å²) in [6.07, 6.45) is 0.810. The lowest BCUT2D eigenvalue weighted by molar-refractivity contribution is 0.0475. The van der Waals surface area contributed by atoms with E-state index >= 15 is 0 Å². The number of aromatic hydroxyl groups is 1. The summed E-state index contributed by atoms with van der Waals surface area (Å²) in [4.78, 5) is 4.93. The second kappa shape index (κ2) is 8.17. The summed E-state index contributed by atoms with van der Waals surface area (Å²) in [7, 11) is 0. The molecule has 136 valence electrons. The summed E-state index contributed by atoms with van der Waals surface area (Å²) >= 11 is 0. The van der Waals surface area contributed by atoms with Crippen molar-refractivity contribution in [3.8, 4) is 5.75 Å². The largest absolute Gasteiger partial charge is 0.508 e. The van der Waals surface area contributed by atoms with E-state index in [1.807, 2.05) is 18.2 Å². The highest BCUT2D eigenvalue weighted by Gasteiger charge is 2.27. The Balaban J connectivity index is 1.77. The highest BCUT2D eigenvalue weighted by atomic mass is 16.3. The lowest BCUT2D eigenvalue weighted by Gasteiger charge is -2.42. The molecule has 0 bridgehead atoms. The van der Waals surface area contributed by atoms with Gasteiger partial charge in [0.25, 0.3) is 0 Å². The number of benzene rings is 2. The van der Waals surface area contributed by atoms with Gasteiger partial charge < -0.3 is 10.2 Å². The average molecular weight is 342 g/mol. The maximum atomic E-state index is 10.4. The molecule has 4 nitrogen and oxygen atoms in total. The maximum Gasteiger partial charge on any atom is 0.120 e. The van der Waals surface area contributed by atoms with E-state index in [1.165, 1.54) is 5.39 Å². The molecule has 25 heavy (non-hydrogen) atoms. The zero-order chi connectivity index (χ0) is 17.8. The molecule has 3 rings (SSSR count). The van der Waals surface area contributed by atoms with E-state index in [0.717, 1.165) is 50.1 Å². The molecule has 1 atom stereocenters. The number of hydrogen-bond acceptors (Lipinski definition) is 4. The fourth-order valence-electron chi connectivity index (χ4n) is 3.95. The van der Waals surface area contributed by atoms with Crippen LogP contribution in [0.3, 0.4) is 0 Å². The molecule has 2 N–H and O–H groups in total. The van der Waals surface area contributed by atoms with E-state index in [9.17, 15) is 10.2 Å². The Hall–Kier alpha value is -1.62. The minimum atomic E-state index is 0.229. The van der Waals surface area contributed by atoms with Crippen molar-refractivity contribution in [2.45, 2.75) is 32.9 Å². The lowest BCUT2D eigenvalue weighted by atomic mass is 10.0. The normalized spacial score (nSPS) is 19.8. The van der Waals surface area contributed by atoms with Gasteiger partial charge in [0.15, 0.2) is 0 Å². The monoisotopic (exact) mass is 342 g/mol. The van der Waals surface area contributed by atoms with Crippen molar-refractivity contribution < 1.29 is 10.2 Å². The van der Waals surface area contributed by atoms with Crippen LogP contribution in [0.15, 0.2) is 36.4 Å². The van der Waals surface area contributed by atoms with Crippen LogP contribution in [0.4, 0.5) is 0 Å². The zero-order valence-electron chi connectivity index (χ0n) is 15.4. The van der Waals surface area contributed by atoms with Crippen molar-refractivity contribution in [2.75, 3.05) is 32.8 Å². The standard InChI is InChI=1S/C21H30N2O2/c1-16(2)13-23-11-10-22(14-18(23)9-12-24)15-20-19-6-4-3-5-17(19)7-8-21(20)25/h3-8,16,18,24-25H,9-15H2,1-2H3. The second-order valence-electron chi connectivity index (χ2n) is 7.57. The Labute approximate surface area is 150 Å². The van der Waals surface area contributed by atoms with Crippen molar-refractivity contribution in [3.05, 3.63) is 42.0 Å². The van der Waals surface area contributed by atoms with Gasteiger partial charge in [-0.3, -0.25) is 9.80 Å². The van der Waals surface area contributed by atoms with Crippen molar-refractivity contribution in [2.24, 2.45) is 5.92 Å². The van der Waals surface area contributed by atoms with Crippen LogP contribution in [0.5, 0.6) is 5.75 Å². The molecule has 4 heteroatoms. The van der Waals surface area contributed by atoms with Crippen LogP contribution in [0.1, 0.15) is 25.8 Å². The van der Waals surface area contributed by atoms with Crippen LogP contribution in [0, 0.1) is 5.92 Å². The number of piperazine rings is 1. The molecule has 0 aromatic heterocycles. The van der Waals surface area contributed by atoms with Crippen LogP contribution in [-0.4, -0.2) is 58.8 Å². The van der Waals surface area contributed by atoms with Crippen LogP contribution >= 0.6 is 0 Å². The molecule has 1 aliphatic rings. The third-order valence-electron chi connectivity index (χ3n) is 5.15. The summed E-state index contributed by atoms with van der Waals surface area (Å²) in [5.74, 6) is 1.01. The quantitative estimate of drug-likeness (QED) is 0.847. The van der Waals surface area contributed by atoms with E-state index in [2.05, 4.69) is 35.8 Å². The number of hydrogen-bond donors (Lipinski definition) is 2. The van der Waals surface area contributed by atoms with Crippen LogP contribution in [0.2, 0.25) is 0 Å². The SMILES string of the molecule is CC(C)CN1CCN(Cc2c(O)ccc3ccccc23)CC1CCO. The second-order valence-corrected chi connectivity index (χ2v) is 7.57. The molecule has 1 heterocycles. The minimum Gasteiger partial charge on any atom is -0.508 e. The van der Waals surface area contributed by atoms with Gasteiger partial charge in [-0.25, -0.2) is 0 Å². The first-order valence-corrected chi connectivity index (χ1v) is 9.35. The molecule has 2 aromatic carbocycles. The van der Waals surface area contributed by atoms with Gasteiger partial charge in [0.2, 0.25) is 0 Å². The minimum absolute atomic E-state index is 0.229. The summed E-state index contributed by atoms with van der Waals surface area (Å²) in [5, 5.41) is 22.1. The molecule has 0 spiro atoms. The third kappa shape index (κ3) is 4.32. The molecular formula is C21H30N2O2. The number of nitrogens with zero attached hydrogens (tertiary/aromatic N) is 2. The highest BCUT2D eigenvalue weighted by Crippen LogP contribution is 2.29. The Morgan fingerprint density at radius 2 is 1.92 bits per heavy atom. The van der Waals surface area contributed by atoms with Crippen molar-refractivity contribution >= 4 is 10.8 Å². The van der Waals surface area contributed by atoms with Crippen molar-refractivity contribution in [1.29, 1.82) is 0 Å². The number of fused-ring (bicyclic) bond motifs is 1. The van der Waals surface area contributed by atoms with Gasteiger partial charge in [0, 0.05) is 50.9 Å². The van der Waals surface area contributed by atoms with E-state index in [1.54, 1.807) is 6.07 Å². The van der Waals surface area contributed by atoms with Gasteiger partial charge in [-0.15, -0.1) is 0 Å². The first-order valence-electron chi connectivity index (χ1n) is 9.35. The van der Waals surface area contributed by atoms with Gasteiger partial charge in [-0.2, -0.15) is 0 Å². The first-order chi connectivity index (χ1) is 12.1. The predicted octanol–water partition coefficient (Wildman–Crippen LogP) is 3.07. The molecular weight excluding hydrogens is 312 g/mol. The Bertz CT molecular complexity index is 701. The third-order valence-corrected chi connectivity index (χ3v) is 5.15. The number of phenolic OH excluding ortho intramolecular Hbond substituents is 1. The molecule has 1 fully saturated rings. The molecule has 1 saturated heterocycles. The maximum absolute atomic E-state index is 10.4. The van der Waals surface area contributed by atoms with Gasteiger partial charge in [-0.05, 0) is 29.2 Å². The Morgan fingerprint density at radius 1 is 1.12 bits per heavy atom. The van der Waals surface area contributed by atoms with Gasteiger partial charge in [-0.1, -0.05) is 44.2 Å². The fraction of sp³-hybridized carbons (Fsp3) is 0.524. The van der Waals surface area contributed by atoms with E-state index in [4.69, 9.17) is 0 Å². The van der Waals surface area contributed by atoms with Crippen LogP contribution in [-0.2, 0) is 6.54 Å². The van der Waals surface area contributed by atoms with Crippen molar-refractivity contribution in [1.82, 2.24) is 9.80 Å². The van der Waals surface area contributed by atoms with E-state index < -0.39 is 0 Å². The molecule has 0 amide bonds. The topological polar surface area (TPSA) is 46.9 Å². The first kappa shape index (κ1) is 18.2. The molecule has 1 unspecified atom stereocenters. The van der Waals surface area contributed by atoms with Gasteiger partial charge >= 0.3 is 0 Å². The molecule has 0 aliphatic carbocycles. The summed E-state index contributed by atoms with van der Waals surface area (Å²) in [6, 6.07) is 12.4. The average Bonchev–Trinajstić information content (AvgIpc) is 2.59. The predicted molar refractivity (Wildman–Crippen MR) is 103 cm³/mol. The summed E-state index contributed by atoms with van der Waals surface area (Å²) < 4.78 is 0. The molecule has 0 radical (unpaired) electrons. The number of aliphatic hydroxyl groups excluding tert-OH is 1. The summed E-state index contributed by atoms with van der Waals surface area (Å²) in [6.45, 7) is 9.52. The smallest absolute Gasteiger partial charge is 0.120 e. The number of phenols is 1. The number of aliphatic hydroxyl groups is 1. The Kier molecular flexibility index (Phi) is 5.94. The summed E-state index contributed by atoms with van der Waals surface area (Å²) in [5.41, 5.74) is 1.01. The van der Waals surface area contributed by atoms with E-state index in [0.29, 0.717) is 17.7 Å². The Morgan fingerprint density at radius 3 is 2.68 bits per heavy atom. The van der Waals surface area contributed by atoms with Gasteiger partial charge in [0.1, 0.15) is 5.75 Å². The fourth-order valence-corrected chi connectivity index (χ4v) is 3.95. The van der Waals surface area contributed by atoms with Crippen LogP contribution in [0.25, 0.3) is 10.8 Å². The highest BCUT2D eigenvalue weighted by molar-refractivity contribution is 5.87. The lowest BCUT2D eigenvalue weighted by Crippen LogP contribution is -2.53. The molecule has 2 aromatic rings.